The molecule has 1 aromatic carbocycles. The highest BCUT2D eigenvalue weighted by molar-refractivity contribution is 6.00. The molecule has 0 bridgehead atoms. The van der Waals surface area contributed by atoms with E-state index in [4.69, 9.17) is 5.73 Å². The van der Waals surface area contributed by atoms with Crippen LogP contribution in [-0.4, -0.2) is 23.8 Å². The lowest BCUT2D eigenvalue weighted by molar-refractivity contribution is -0.134. The van der Waals surface area contributed by atoms with Crippen molar-refractivity contribution in [2.75, 3.05) is 0 Å². The maximum Gasteiger partial charge on any atom is 0.249 e. The third-order valence-corrected chi connectivity index (χ3v) is 3.06. The summed E-state index contributed by atoms with van der Waals surface area (Å²) < 4.78 is 0. The van der Waals surface area contributed by atoms with Crippen molar-refractivity contribution in [3.63, 3.8) is 0 Å². The smallest absolute Gasteiger partial charge is 0.249 e. The van der Waals surface area contributed by atoms with E-state index >= 15 is 0 Å². The average Bonchev–Trinajstić information content (AvgIpc) is 2.38. The van der Waals surface area contributed by atoms with E-state index in [1.807, 2.05) is 0 Å². The van der Waals surface area contributed by atoms with Crippen LogP contribution in [0.15, 0.2) is 24.3 Å². The van der Waals surface area contributed by atoms with Crippen LogP contribution in [0.25, 0.3) is 0 Å². The van der Waals surface area contributed by atoms with Gasteiger partial charge < -0.3 is 11.1 Å². The number of carbonyl (C=O) groups is 3. The van der Waals surface area contributed by atoms with Crippen molar-refractivity contribution in [2.45, 2.75) is 25.4 Å². The summed E-state index contributed by atoms with van der Waals surface area (Å²) in [5, 5.41) is 5.30. The molecule has 0 aromatic heterocycles. The van der Waals surface area contributed by atoms with E-state index in [9.17, 15) is 14.4 Å². The normalized spacial score (nSPS) is 19.1. The van der Waals surface area contributed by atoms with Crippen molar-refractivity contribution in [3.05, 3.63) is 35.4 Å². The molecule has 1 aliphatic rings. The number of amides is 3. The van der Waals surface area contributed by atoms with Gasteiger partial charge in [0.25, 0.3) is 0 Å². The lowest BCUT2D eigenvalue weighted by atomic mass is 10.0. The molecule has 6 heteroatoms. The highest BCUT2D eigenvalue weighted by Crippen LogP contribution is 2.10. The number of rotatable bonds is 4. The van der Waals surface area contributed by atoms with Gasteiger partial charge in [-0.1, -0.05) is 18.2 Å². The first-order chi connectivity index (χ1) is 9.08. The molecule has 0 spiro atoms. The first-order valence-electron chi connectivity index (χ1n) is 6.02. The predicted octanol–water partition coefficient (Wildman–Crippen LogP) is -0.320. The molecular weight excluding hydrogens is 246 g/mol. The number of imide groups is 1. The highest BCUT2D eigenvalue weighted by Gasteiger charge is 2.26. The summed E-state index contributed by atoms with van der Waals surface area (Å²) in [4.78, 5) is 33.8. The molecule has 1 fully saturated rings. The lowest BCUT2D eigenvalue weighted by Gasteiger charge is -2.22. The van der Waals surface area contributed by atoms with Crippen LogP contribution in [0.5, 0.6) is 0 Å². The van der Waals surface area contributed by atoms with E-state index in [0.29, 0.717) is 24.9 Å². The van der Waals surface area contributed by atoms with Crippen LogP contribution in [0.3, 0.4) is 0 Å². The van der Waals surface area contributed by atoms with Gasteiger partial charge in [-0.25, -0.2) is 0 Å². The lowest BCUT2D eigenvalue weighted by Crippen LogP contribution is -2.50. The van der Waals surface area contributed by atoms with E-state index in [1.165, 1.54) is 0 Å². The van der Waals surface area contributed by atoms with Crippen LogP contribution < -0.4 is 16.4 Å². The number of nitrogens with one attached hydrogen (secondary N) is 2. The van der Waals surface area contributed by atoms with Gasteiger partial charge in [0.2, 0.25) is 17.7 Å². The monoisotopic (exact) mass is 261 g/mol. The van der Waals surface area contributed by atoms with E-state index in [-0.39, 0.29) is 11.8 Å². The molecule has 3 amide bonds. The Morgan fingerprint density at radius 2 is 2.11 bits per heavy atom. The van der Waals surface area contributed by atoms with Crippen LogP contribution in [0, 0.1) is 0 Å². The van der Waals surface area contributed by atoms with Crippen molar-refractivity contribution in [3.8, 4) is 0 Å². The molecule has 19 heavy (non-hydrogen) atoms. The molecule has 0 aliphatic carbocycles. The van der Waals surface area contributed by atoms with Crippen molar-refractivity contribution >= 4 is 17.7 Å². The molecule has 0 saturated carbocycles. The number of hydrogen-bond donors (Lipinski definition) is 3. The standard InChI is InChI=1S/C13H15N3O3/c14-12(18)9-4-2-1-3-8(9)7-15-10-5-6-11(17)16-13(10)19/h1-4,10,15H,5-7H2,(H2,14,18)(H,16,17,19)/t10-/m1/s1. The highest BCUT2D eigenvalue weighted by atomic mass is 16.2. The Morgan fingerprint density at radius 3 is 2.79 bits per heavy atom. The fraction of sp³-hybridized carbons (Fsp3) is 0.308. The predicted molar refractivity (Wildman–Crippen MR) is 68.0 cm³/mol. The molecule has 4 N–H and O–H groups in total. The van der Waals surface area contributed by atoms with Gasteiger partial charge in [0, 0.05) is 18.5 Å². The van der Waals surface area contributed by atoms with Gasteiger partial charge in [0.15, 0.2) is 0 Å². The number of carbonyl (C=O) groups excluding carboxylic acids is 3. The Balaban J connectivity index is 2.01. The molecule has 0 unspecified atom stereocenters. The Bertz CT molecular complexity index is 528. The molecule has 1 aromatic rings. The van der Waals surface area contributed by atoms with E-state index in [2.05, 4.69) is 10.6 Å². The molecule has 1 heterocycles. The Morgan fingerprint density at radius 1 is 1.37 bits per heavy atom. The number of benzene rings is 1. The third kappa shape index (κ3) is 3.17. The first-order valence-corrected chi connectivity index (χ1v) is 6.02. The number of primary amides is 1. The average molecular weight is 261 g/mol. The van der Waals surface area contributed by atoms with Gasteiger partial charge >= 0.3 is 0 Å². The SMILES string of the molecule is NC(=O)c1ccccc1CN[C@@H]1CCC(=O)NC1=O. The number of piperidine rings is 1. The number of nitrogens with two attached hydrogens (primary N) is 1. The zero-order chi connectivity index (χ0) is 13.8. The van der Waals surface area contributed by atoms with Gasteiger partial charge in [-0.05, 0) is 18.1 Å². The fourth-order valence-electron chi connectivity index (χ4n) is 2.04. The second-order valence-electron chi connectivity index (χ2n) is 4.41. The van der Waals surface area contributed by atoms with Crippen LogP contribution in [0.1, 0.15) is 28.8 Å². The van der Waals surface area contributed by atoms with E-state index < -0.39 is 11.9 Å². The Kier molecular flexibility index (Phi) is 3.91. The summed E-state index contributed by atoms with van der Waals surface area (Å²) in [6.07, 6.45) is 0.782. The van der Waals surface area contributed by atoms with Crippen LogP contribution in [0.4, 0.5) is 0 Å². The summed E-state index contributed by atoms with van der Waals surface area (Å²) in [7, 11) is 0. The van der Waals surface area contributed by atoms with Crippen molar-refractivity contribution in [1.29, 1.82) is 0 Å². The zero-order valence-corrected chi connectivity index (χ0v) is 10.3. The van der Waals surface area contributed by atoms with Gasteiger partial charge in [0.05, 0.1) is 6.04 Å². The van der Waals surface area contributed by atoms with Crippen molar-refractivity contribution < 1.29 is 14.4 Å². The topological polar surface area (TPSA) is 101 Å². The molecular formula is C13H15N3O3. The quantitative estimate of drug-likeness (QED) is 0.646. The number of hydrogen-bond acceptors (Lipinski definition) is 4. The summed E-state index contributed by atoms with van der Waals surface area (Å²) >= 11 is 0. The minimum absolute atomic E-state index is 0.249. The van der Waals surface area contributed by atoms with E-state index in [0.717, 1.165) is 5.56 Å². The maximum atomic E-state index is 11.6. The molecule has 6 nitrogen and oxygen atoms in total. The van der Waals surface area contributed by atoms with Gasteiger partial charge in [-0.15, -0.1) is 0 Å². The molecule has 1 aliphatic heterocycles. The van der Waals surface area contributed by atoms with Crippen LogP contribution in [0.2, 0.25) is 0 Å². The van der Waals surface area contributed by atoms with Gasteiger partial charge in [-0.3, -0.25) is 19.7 Å². The zero-order valence-electron chi connectivity index (χ0n) is 10.3. The van der Waals surface area contributed by atoms with Crippen molar-refractivity contribution in [1.82, 2.24) is 10.6 Å². The Labute approximate surface area is 110 Å². The molecule has 1 atom stereocenters. The second-order valence-corrected chi connectivity index (χ2v) is 4.41. The largest absolute Gasteiger partial charge is 0.366 e. The van der Waals surface area contributed by atoms with Gasteiger partial charge in [-0.2, -0.15) is 0 Å². The maximum absolute atomic E-state index is 11.6. The molecule has 100 valence electrons. The summed E-state index contributed by atoms with van der Waals surface area (Å²) in [6.45, 7) is 0.353. The molecule has 2 rings (SSSR count). The minimum atomic E-state index is -0.499. The van der Waals surface area contributed by atoms with Gasteiger partial charge in [0.1, 0.15) is 0 Å². The summed E-state index contributed by atoms with van der Waals surface area (Å²) in [5.74, 6) is -1.07. The summed E-state index contributed by atoms with van der Waals surface area (Å²) in [5.41, 5.74) is 6.45. The van der Waals surface area contributed by atoms with Crippen molar-refractivity contribution in [2.24, 2.45) is 5.73 Å². The molecule has 0 radical (unpaired) electrons. The first kappa shape index (κ1) is 13.2. The fourth-order valence-corrected chi connectivity index (χ4v) is 2.04. The third-order valence-electron chi connectivity index (χ3n) is 3.06. The second kappa shape index (κ2) is 5.62. The van der Waals surface area contributed by atoms with Crippen LogP contribution >= 0.6 is 0 Å². The van der Waals surface area contributed by atoms with E-state index in [1.54, 1.807) is 24.3 Å². The summed E-state index contributed by atoms with van der Waals surface area (Å²) in [6, 6.07) is 6.53. The Hall–Kier alpha value is -2.21. The minimum Gasteiger partial charge on any atom is -0.366 e. The van der Waals surface area contributed by atoms with Crippen LogP contribution in [-0.2, 0) is 16.1 Å². The molecule has 1 saturated heterocycles.